The van der Waals surface area contributed by atoms with Crippen molar-refractivity contribution in [3.05, 3.63) is 23.8 Å². The maximum Gasteiger partial charge on any atom is 0.0880 e. The maximum atomic E-state index is 4.54. The normalized spacial score (nSPS) is 12.6. The molecule has 0 spiro atoms. The van der Waals surface area contributed by atoms with Gasteiger partial charge in [-0.3, -0.25) is 0 Å². The Morgan fingerprint density at radius 3 is 1.03 bits per heavy atom. The van der Waals surface area contributed by atoms with E-state index in [4.69, 9.17) is 0 Å². The summed E-state index contributed by atoms with van der Waals surface area (Å²) in [6, 6.07) is 0. The van der Waals surface area contributed by atoms with Crippen LogP contribution < -0.4 is 0 Å². The summed E-state index contributed by atoms with van der Waals surface area (Å²) in [6.07, 6.45) is 4.06. The molecule has 0 saturated heterocycles. The van der Waals surface area contributed by atoms with E-state index >= 15 is 0 Å². The van der Waals surface area contributed by atoms with E-state index in [2.05, 4.69) is 108 Å². The predicted octanol–water partition coefficient (Wildman–Crippen LogP) is 5.31. The molecule has 2 heterocycles. The highest BCUT2D eigenvalue weighted by atomic mass is 16.5. The minimum atomic E-state index is 0.0243. The SMILES string of the molecule is CC(C)(C)c1cn(C(C)(C)C)nn1.CC(C)(C)c1cn(C(C)(C)C)nn1.CCOC. The zero-order valence-electron chi connectivity index (χ0n) is 22.0. The van der Waals surface area contributed by atoms with E-state index < -0.39 is 0 Å². The number of methoxy groups -OCH3 is 1. The summed E-state index contributed by atoms with van der Waals surface area (Å²) < 4.78 is 8.36. The molecule has 30 heavy (non-hydrogen) atoms. The fraction of sp³-hybridized carbons (Fsp3) is 0.826. The lowest BCUT2D eigenvalue weighted by molar-refractivity contribution is 0.215. The molecular weight excluding hydrogens is 376 g/mol. The maximum absolute atomic E-state index is 4.54. The van der Waals surface area contributed by atoms with Crippen LogP contribution in [0.3, 0.4) is 0 Å². The van der Waals surface area contributed by atoms with Crippen LogP contribution in [0.1, 0.15) is 101 Å². The standard InChI is InChI=1S/2C10H19N3.C3H8O/c2*1-9(2,3)8-7-13(12-11-8)10(4,5)6;1-3-4-2/h2*7H,1-6H3;3H2,1-2H3. The summed E-state index contributed by atoms with van der Waals surface area (Å²) in [4.78, 5) is 0. The molecule has 0 aliphatic heterocycles. The molecule has 0 radical (unpaired) electrons. The number of hydrogen-bond donors (Lipinski definition) is 0. The van der Waals surface area contributed by atoms with Crippen LogP contribution in [0.4, 0.5) is 0 Å². The van der Waals surface area contributed by atoms with E-state index in [0.29, 0.717) is 0 Å². The Morgan fingerprint density at radius 1 is 0.667 bits per heavy atom. The predicted molar refractivity (Wildman–Crippen MR) is 125 cm³/mol. The van der Waals surface area contributed by atoms with Gasteiger partial charge in [0.15, 0.2) is 0 Å². The molecule has 2 rings (SSSR count). The third kappa shape index (κ3) is 9.83. The summed E-state index contributed by atoms with van der Waals surface area (Å²) >= 11 is 0. The van der Waals surface area contributed by atoms with E-state index in [1.54, 1.807) is 7.11 Å². The highest BCUT2D eigenvalue weighted by Crippen LogP contribution is 2.22. The van der Waals surface area contributed by atoms with Crippen molar-refractivity contribution in [1.82, 2.24) is 30.0 Å². The highest BCUT2D eigenvalue weighted by Gasteiger charge is 2.22. The molecule has 2 aromatic heterocycles. The van der Waals surface area contributed by atoms with Crippen molar-refractivity contribution in [2.45, 2.75) is 112 Å². The zero-order valence-corrected chi connectivity index (χ0v) is 22.0. The van der Waals surface area contributed by atoms with Gasteiger partial charge in [0.1, 0.15) is 0 Å². The van der Waals surface area contributed by atoms with E-state index in [9.17, 15) is 0 Å². The third-order valence-corrected chi connectivity index (χ3v) is 4.19. The van der Waals surface area contributed by atoms with Crippen LogP contribution in [0.15, 0.2) is 12.4 Å². The van der Waals surface area contributed by atoms with Gasteiger partial charge in [0.25, 0.3) is 0 Å². The van der Waals surface area contributed by atoms with E-state index in [1.165, 1.54) is 0 Å². The second kappa shape index (κ2) is 10.5. The second-order valence-electron chi connectivity index (χ2n) is 11.5. The van der Waals surface area contributed by atoms with Gasteiger partial charge in [-0.25, -0.2) is 9.36 Å². The number of nitrogens with zero attached hydrogens (tertiary/aromatic N) is 6. The van der Waals surface area contributed by atoms with Crippen LogP contribution in [0, 0.1) is 0 Å². The topological polar surface area (TPSA) is 70.7 Å². The first-order chi connectivity index (χ1) is 13.3. The largest absolute Gasteiger partial charge is 0.385 e. The first-order valence-electron chi connectivity index (χ1n) is 10.7. The molecule has 0 amide bonds. The van der Waals surface area contributed by atoms with Crippen molar-refractivity contribution in [3.63, 3.8) is 0 Å². The quantitative estimate of drug-likeness (QED) is 0.622. The molecule has 0 N–H and O–H groups in total. The molecule has 2 aromatic rings. The third-order valence-electron chi connectivity index (χ3n) is 4.19. The molecule has 0 aliphatic carbocycles. The van der Waals surface area contributed by atoms with Gasteiger partial charge in [0.2, 0.25) is 0 Å². The van der Waals surface area contributed by atoms with Crippen molar-refractivity contribution in [3.8, 4) is 0 Å². The fourth-order valence-electron chi connectivity index (χ4n) is 1.87. The Bertz CT molecular complexity index is 612. The molecule has 0 aliphatic rings. The number of hydrogen-bond acceptors (Lipinski definition) is 5. The van der Waals surface area contributed by atoms with Crippen LogP contribution in [0.5, 0.6) is 0 Å². The van der Waals surface area contributed by atoms with Crippen LogP contribution in [0.25, 0.3) is 0 Å². The van der Waals surface area contributed by atoms with Crippen molar-refractivity contribution >= 4 is 0 Å². The van der Waals surface area contributed by atoms with Crippen molar-refractivity contribution in [2.75, 3.05) is 13.7 Å². The number of aromatic nitrogens is 6. The zero-order chi connectivity index (χ0) is 24.0. The Kier molecular flexibility index (Phi) is 9.90. The molecule has 0 unspecified atom stereocenters. The van der Waals surface area contributed by atoms with Crippen LogP contribution >= 0.6 is 0 Å². The smallest absolute Gasteiger partial charge is 0.0880 e. The van der Waals surface area contributed by atoms with Gasteiger partial charge in [-0.2, -0.15) is 0 Å². The van der Waals surface area contributed by atoms with Crippen LogP contribution in [-0.2, 0) is 26.6 Å². The van der Waals surface area contributed by atoms with Gasteiger partial charge in [0, 0.05) is 36.9 Å². The minimum absolute atomic E-state index is 0.0243. The molecule has 7 heteroatoms. The van der Waals surface area contributed by atoms with Gasteiger partial charge < -0.3 is 4.74 Å². The number of rotatable bonds is 1. The summed E-state index contributed by atoms with van der Waals surface area (Å²) in [5.74, 6) is 0. The molecule has 0 atom stereocenters. The number of ether oxygens (including phenoxy) is 1. The molecule has 0 bridgehead atoms. The minimum Gasteiger partial charge on any atom is -0.385 e. The second-order valence-corrected chi connectivity index (χ2v) is 11.5. The van der Waals surface area contributed by atoms with Crippen LogP contribution in [-0.4, -0.2) is 43.7 Å². The summed E-state index contributed by atoms with van der Waals surface area (Å²) in [5.41, 5.74) is 2.31. The monoisotopic (exact) mass is 422 g/mol. The summed E-state index contributed by atoms with van der Waals surface area (Å²) in [7, 11) is 1.68. The Hall–Kier alpha value is -1.76. The van der Waals surface area contributed by atoms with E-state index in [-0.39, 0.29) is 21.9 Å². The molecular formula is C23H46N6O. The van der Waals surface area contributed by atoms with Gasteiger partial charge >= 0.3 is 0 Å². The fourth-order valence-corrected chi connectivity index (χ4v) is 1.87. The first kappa shape index (κ1) is 28.2. The van der Waals surface area contributed by atoms with Crippen molar-refractivity contribution in [2.24, 2.45) is 0 Å². The van der Waals surface area contributed by atoms with E-state index in [0.717, 1.165) is 18.0 Å². The summed E-state index contributed by atoms with van der Waals surface area (Å²) in [5, 5.41) is 16.6. The molecule has 0 aromatic carbocycles. The average Bonchev–Trinajstić information content (AvgIpc) is 3.23. The Morgan fingerprint density at radius 2 is 0.933 bits per heavy atom. The van der Waals surface area contributed by atoms with Gasteiger partial charge in [0.05, 0.1) is 22.5 Å². The molecule has 7 nitrogen and oxygen atoms in total. The van der Waals surface area contributed by atoms with Gasteiger partial charge in [-0.1, -0.05) is 52.0 Å². The lowest BCUT2D eigenvalue weighted by atomic mass is 9.93. The lowest BCUT2D eigenvalue weighted by Gasteiger charge is -2.18. The van der Waals surface area contributed by atoms with Gasteiger partial charge in [-0.15, -0.1) is 10.2 Å². The molecule has 0 saturated carbocycles. The first-order valence-corrected chi connectivity index (χ1v) is 10.7. The average molecular weight is 423 g/mol. The van der Waals surface area contributed by atoms with E-state index in [1.807, 2.05) is 28.7 Å². The van der Waals surface area contributed by atoms with Crippen molar-refractivity contribution < 1.29 is 4.74 Å². The molecule has 0 fully saturated rings. The summed E-state index contributed by atoms with van der Waals surface area (Å²) in [6.45, 7) is 28.4. The van der Waals surface area contributed by atoms with Crippen molar-refractivity contribution in [1.29, 1.82) is 0 Å². The Balaban J connectivity index is 0.000000477. The highest BCUT2D eigenvalue weighted by molar-refractivity contribution is 5.08. The Labute approximate surface area is 184 Å². The lowest BCUT2D eigenvalue weighted by Crippen LogP contribution is -2.22. The van der Waals surface area contributed by atoms with Crippen LogP contribution in [0.2, 0.25) is 0 Å². The van der Waals surface area contributed by atoms with Gasteiger partial charge in [-0.05, 0) is 48.5 Å². The molecule has 174 valence electrons.